The first-order valence-electron chi connectivity index (χ1n) is 8.47. The van der Waals surface area contributed by atoms with Crippen LogP contribution in [-0.2, 0) is 11.0 Å². The SMILES string of the molecule is O=C1C(=Nc2cccc(C(F)(F)F)c2)c2ccccc2N1C1C=CC=CC1. The standard InChI is InChI=1S/C21H15F3N2O/c22-21(23,24)14-7-6-8-15(13-14)25-19-17-11-4-5-12-18(17)26(20(19)27)16-9-2-1-3-10-16/h1-9,11-13,16H,10H2. The van der Waals surface area contributed by atoms with Gasteiger partial charge < -0.3 is 0 Å². The van der Waals surface area contributed by atoms with Crippen LogP contribution in [-0.4, -0.2) is 17.7 Å². The van der Waals surface area contributed by atoms with Gasteiger partial charge in [-0.3, -0.25) is 9.69 Å². The van der Waals surface area contributed by atoms with Crippen molar-refractivity contribution in [2.75, 3.05) is 4.90 Å². The molecule has 6 heteroatoms. The summed E-state index contributed by atoms with van der Waals surface area (Å²) in [6.45, 7) is 0. The molecule has 0 spiro atoms. The normalized spacial score (nSPS) is 20.4. The maximum absolute atomic E-state index is 13.1. The summed E-state index contributed by atoms with van der Waals surface area (Å²) in [5.41, 5.74) is 0.818. The van der Waals surface area contributed by atoms with Crippen LogP contribution >= 0.6 is 0 Å². The number of hydrogen-bond donors (Lipinski definition) is 0. The molecule has 27 heavy (non-hydrogen) atoms. The highest BCUT2D eigenvalue weighted by Gasteiger charge is 2.37. The predicted octanol–water partition coefficient (Wildman–Crippen LogP) is 5.06. The molecule has 136 valence electrons. The van der Waals surface area contributed by atoms with E-state index in [0.29, 0.717) is 12.0 Å². The van der Waals surface area contributed by atoms with E-state index in [4.69, 9.17) is 0 Å². The van der Waals surface area contributed by atoms with Crippen molar-refractivity contribution >= 4 is 23.0 Å². The molecule has 1 unspecified atom stereocenters. The molecule has 0 N–H and O–H groups in total. The Balaban J connectivity index is 1.78. The molecule has 1 aliphatic heterocycles. The molecule has 0 radical (unpaired) electrons. The van der Waals surface area contributed by atoms with Crippen LogP contribution in [0.3, 0.4) is 0 Å². The van der Waals surface area contributed by atoms with Gasteiger partial charge in [-0.1, -0.05) is 48.6 Å². The Labute approximate surface area is 154 Å². The molecular weight excluding hydrogens is 353 g/mol. The third-order valence-corrected chi connectivity index (χ3v) is 4.54. The largest absolute Gasteiger partial charge is 0.416 e. The highest BCUT2D eigenvalue weighted by Crippen LogP contribution is 2.35. The van der Waals surface area contributed by atoms with Crippen LogP contribution in [0.5, 0.6) is 0 Å². The Morgan fingerprint density at radius 2 is 1.85 bits per heavy atom. The molecule has 2 aromatic rings. The van der Waals surface area contributed by atoms with Gasteiger partial charge in [0.15, 0.2) is 0 Å². The molecule has 0 saturated heterocycles. The van der Waals surface area contributed by atoms with Crippen LogP contribution in [0.1, 0.15) is 17.5 Å². The third kappa shape index (κ3) is 3.18. The molecule has 1 aliphatic carbocycles. The van der Waals surface area contributed by atoms with Gasteiger partial charge in [-0.15, -0.1) is 0 Å². The summed E-state index contributed by atoms with van der Waals surface area (Å²) in [4.78, 5) is 19.0. The van der Waals surface area contributed by atoms with Crippen molar-refractivity contribution in [3.8, 4) is 0 Å². The van der Waals surface area contributed by atoms with Crippen LogP contribution in [0, 0.1) is 0 Å². The number of carbonyl (C=O) groups is 1. The van der Waals surface area contributed by atoms with E-state index in [1.165, 1.54) is 12.1 Å². The summed E-state index contributed by atoms with van der Waals surface area (Å²) in [5, 5.41) is 0. The second-order valence-electron chi connectivity index (χ2n) is 6.32. The zero-order chi connectivity index (χ0) is 19.0. The number of hydrogen-bond acceptors (Lipinski definition) is 2. The summed E-state index contributed by atoms with van der Waals surface area (Å²) in [7, 11) is 0. The van der Waals surface area contributed by atoms with Gasteiger partial charge in [0.2, 0.25) is 0 Å². The second kappa shape index (κ2) is 6.54. The first-order valence-corrected chi connectivity index (χ1v) is 8.47. The molecule has 1 heterocycles. The van der Waals surface area contributed by atoms with Crippen molar-refractivity contribution < 1.29 is 18.0 Å². The fourth-order valence-corrected chi connectivity index (χ4v) is 3.30. The highest BCUT2D eigenvalue weighted by atomic mass is 19.4. The van der Waals surface area contributed by atoms with E-state index < -0.39 is 11.7 Å². The number of amides is 1. The van der Waals surface area contributed by atoms with Crippen molar-refractivity contribution in [1.82, 2.24) is 0 Å². The van der Waals surface area contributed by atoms with Gasteiger partial charge in [-0.25, -0.2) is 4.99 Å². The fraction of sp³-hybridized carbons (Fsp3) is 0.143. The number of fused-ring (bicyclic) bond motifs is 1. The lowest BCUT2D eigenvalue weighted by Crippen LogP contribution is -2.38. The lowest BCUT2D eigenvalue weighted by atomic mass is 10.1. The van der Waals surface area contributed by atoms with E-state index in [1.807, 2.05) is 36.4 Å². The molecule has 1 atom stereocenters. The zero-order valence-electron chi connectivity index (χ0n) is 14.1. The number of nitrogens with zero attached hydrogens (tertiary/aromatic N) is 2. The van der Waals surface area contributed by atoms with E-state index in [1.54, 1.807) is 17.0 Å². The highest BCUT2D eigenvalue weighted by molar-refractivity contribution is 6.54. The average molecular weight is 368 g/mol. The van der Waals surface area contributed by atoms with Crippen LogP contribution < -0.4 is 4.90 Å². The number of anilines is 1. The first kappa shape index (κ1) is 17.3. The van der Waals surface area contributed by atoms with Crippen LogP contribution in [0.4, 0.5) is 24.5 Å². The number of allylic oxidation sites excluding steroid dienone is 2. The van der Waals surface area contributed by atoms with E-state index in [2.05, 4.69) is 4.99 Å². The van der Waals surface area contributed by atoms with Crippen LogP contribution in [0.25, 0.3) is 0 Å². The number of aliphatic imine (C=N–C) groups is 1. The molecule has 0 fully saturated rings. The lowest BCUT2D eigenvalue weighted by molar-refractivity contribution is -0.137. The Morgan fingerprint density at radius 1 is 1.04 bits per heavy atom. The molecular formula is C21H15F3N2O. The van der Waals surface area contributed by atoms with Crippen LogP contribution in [0.15, 0.2) is 77.8 Å². The molecule has 2 aromatic carbocycles. The van der Waals surface area contributed by atoms with Crippen molar-refractivity contribution in [1.29, 1.82) is 0 Å². The number of alkyl halides is 3. The van der Waals surface area contributed by atoms with Gasteiger partial charge in [-0.05, 0) is 30.7 Å². The Kier molecular flexibility index (Phi) is 4.18. The quantitative estimate of drug-likeness (QED) is 0.729. The van der Waals surface area contributed by atoms with Gasteiger partial charge in [-0.2, -0.15) is 13.2 Å². The van der Waals surface area contributed by atoms with Crippen molar-refractivity contribution in [2.45, 2.75) is 18.6 Å². The van der Waals surface area contributed by atoms with E-state index in [-0.39, 0.29) is 23.3 Å². The summed E-state index contributed by atoms with van der Waals surface area (Å²) in [6, 6.07) is 11.8. The fourth-order valence-electron chi connectivity index (χ4n) is 3.30. The van der Waals surface area contributed by atoms with Gasteiger partial charge in [0, 0.05) is 5.56 Å². The van der Waals surface area contributed by atoms with E-state index >= 15 is 0 Å². The minimum absolute atomic E-state index is 0.101. The topological polar surface area (TPSA) is 32.7 Å². The molecule has 2 aliphatic rings. The van der Waals surface area contributed by atoms with Gasteiger partial charge in [0.1, 0.15) is 5.71 Å². The monoisotopic (exact) mass is 368 g/mol. The first-order chi connectivity index (χ1) is 12.9. The number of rotatable bonds is 2. The van der Waals surface area contributed by atoms with Gasteiger partial charge >= 0.3 is 6.18 Å². The second-order valence-corrected chi connectivity index (χ2v) is 6.32. The van der Waals surface area contributed by atoms with Gasteiger partial charge in [0.05, 0.1) is 23.0 Å². The minimum atomic E-state index is -4.46. The van der Waals surface area contributed by atoms with Crippen molar-refractivity contribution in [3.05, 3.63) is 84.0 Å². The van der Waals surface area contributed by atoms with E-state index in [0.717, 1.165) is 17.8 Å². The Bertz CT molecular complexity index is 989. The van der Waals surface area contributed by atoms with Crippen molar-refractivity contribution in [2.24, 2.45) is 4.99 Å². The molecule has 4 rings (SSSR count). The summed E-state index contributed by atoms with van der Waals surface area (Å²) in [6.07, 6.45) is 3.92. The third-order valence-electron chi connectivity index (χ3n) is 4.54. The zero-order valence-corrected chi connectivity index (χ0v) is 14.1. The maximum Gasteiger partial charge on any atom is 0.416 e. The number of benzene rings is 2. The number of halogens is 3. The van der Waals surface area contributed by atoms with E-state index in [9.17, 15) is 18.0 Å². The molecule has 3 nitrogen and oxygen atoms in total. The summed E-state index contributed by atoms with van der Waals surface area (Å²) in [5.74, 6) is -0.307. The molecule has 0 bridgehead atoms. The van der Waals surface area contributed by atoms with Crippen molar-refractivity contribution in [3.63, 3.8) is 0 Å². The maximum atomic E-state index is 13.1. The average Bonchev–Trinajstić information content (AvgIpc) is 2.94. The smallest absolute Gasteiger partial charge is 0.299 e. The minimum Gasteiger partial charge on any atom is -0.299 e. The Hall–Kier alpha value is -3.15. The summed E-state index contributed by atoms with van der Waals surface area (Å²) >= 11 is 0. The Morgan fingerprint density at radius 3 is 2.59 bits per heavy atom. The number of para-hydroxylation sites is 1. The van der Waals surface area contributed by atoms with Crippen LogP contribution in [0.2, 0.25) is 0 Å². The number of carbonyl (C=O) groups excluding carboxylic acids is 1. The molecule has 0 saturated carbocycles. The molecule has 0 aromatic heterocycles. The summed E-state index contributed by atoms with van der Waals surface area (Å²) < 4.78 is 38.9. The predicted molar refractivity (Wildman–Crippen MR) is 98.3 cm³/mol. The lowest BCUT2D eigenvalue weighted by Gasteiger charge is -2.26. The molecule has 1 amide bonds. The van der Waals surface area contributed by atoms with Gasteiger partial charge in [0.25, 0.3) is 5.91 Å².